The van der Waals surface area contributed by atoms with Gasteiger partial charge in [0, 0.05) is 0 Å². The minimum Gasteiger partial charge on any atom is -0.0625 e. The molecular weight excluding hydrogens is 204 g/mol. The Labute approximate surface area is 109 Å². The van der Waals surface area contributed by atoms with E-state index in [9.17, 15) is 0 Å². The van der Waals surface area contributed by atoms with Gasteiger partial charge in [0.25, 0.3) is 0 Å². The first-order valence-electron chi connectivity index (χ1n) is 8.15. The van der Waals surface area contributed by atoms with Gasteiger partial charge in [-0.05, 0) is 55.3 Å². The molecule has 0 heterocycles. The van der Waals surface area contributed by atoms with Crippen LogP contribution in [0.25, 0.3) is 0 Å². The molecule has 0 bridgehead atoms. The molecule has 17 heavy (non-hydrogen) atoms. The van der Waals surface area contributed by atoms with Gasteiger partial charge in [-0.3, -0.25) is 0 Å². The molecule has 2 rings (SSSR count). The Morgan fingerprint density at radius 1 is 0.882 bits per heavy atom. The Kier molecular flexibility index (Phi) is 4.94. The fraction of sp³-hybridized carbons (Fsp3) is 1.00. The lowest BCUT2D eigenvalue weighted by molar-refractivity contribution is 0.169. The second kappa shape index (κ2) is 6.25. The first kappa shape index (κ1) is 13.4. The quantitative estimate of drug-likeness (QED) is 0.592. The third kappa shape index (κ3) is 4.00. The summed E-state index contributed by atoms with van der Waals surface area (Å²) in [6.07, 6.45) is 13.6. The number of rotatable bonds is 3. The third-order valence-corrected chi connectivity index (χ3v) is 5.62. The fourth-order valence-electron chi connectivity index (χ4n) is 4.35. The summed E-state index contributed by atoms with van der Waals surface area (Å²) in [6, 6.07) is 0. The van der Waals surface area contributed by atoms with Crippen molar-refractivity contribution in [1.82, 2.24) is 0 Å². The van der Waals surface area contributed by atoms with E-state index in [-0.39, 0.29) is 0 Å². The topological polar surface area (TPSA) is 0 Å². The minimum atomic E-state index is 0.998. The molecule has 0 saturated heterocycles. The average Bonchev–Trinajstić information content (AvgIpc) is 2.29. The summed E-state index contributed by atoms with van der Waals surface area (Å²) in [5.74, 6) is 5.13. The summed E-state index contributed by atoms with van der Waals surface area (Å²) in [7, 11) is 0. The van der Waals surface area contributed by atoms with Crippen LogP contribution in [-0.2, 0) is 0 Å². The van der Waals surface area contributed by atoms with Crippen LogP contribution in [0.5, 0.6) is 0 Å². The highest BCUT2D eigenvalue weighted by Gasteiger charge is 2.27. The highest BCUT2D eigenvalue weighted by Crippen LogP contribution is 2.39. The zero-order chi connectivity index (χ0) is 12.3. The van der Waals surface area contributed by atoms with Gasteiger partial charge in [-0.1, -0.05) is 52.9 Å². The van der Waals surface area contributed by atoms with Crippen molar-refractivity contribution in [2.45, 2.75) is 78.6 Å². The second-order valence-electron chi connectivity index (χ2n) is 7.37. The first-order chi connectivity index (χ1) is 8.15. The monoisotopic (exact) mass is 236 g/mol. The minimum absolute atomic E-state index is 0.998. The number of hydrogen-bond acceptors (Lipinski definition) is 0. The van der Waals surface area contributed by atoms with Crippen molar-refractivity contribution in [3.63, 3.8) is 0 Å². The van der Waals surface area contributed by atoms with Gasteiger partial charge in [-0.25, -0.2) is 0 Å². The van der Waals surface area contributed by atoms with Gasteiger partial charge in [0.2, 0.25) is 0 Å². The summed E-state index contributed by atoms with van der Waals surface area (Å²) in [5.41, 5.74) is 0. The van der Waals surface area contributed by atoms with Gasteiger partial charge in [0.15, 0.2) is 0 Å². The van der Waals surface area contributed by atoms with E-state index in [0.717, 1.165) is 29.6 Å². The Morgan fingerprint density at radius 2 is 1.59 bits per heavy atom. The second-order valence-corrected chi connectivity index (χ2v) is 7.37. The molecule has 100 valence electrons. The summed E-state index contributed by atoms with van der Waals surface area (Å²) in [5, 5.41) is 0. The van der Waals surface area contributed by atoms with Gasteiger partial charge in [-0.2, -0.15) is 0 Å². The molecule has 2 fully saturated rings. The van der Waals surface area contributed by atoms with Crippen LogP contribution in [-0.4, -0.2) is 0 Å². The lowest BCUT2D eigenvalue weighted by Crippen LogP contribution is -2.23. The molecule has 2 aliphatic rings. The Bertz CT molecular complexity index is 212. The van der Waals surface area contributed by atoms with Crippen molar-refractivity contribution in [3.05, 3.63) is 0 Å². The molecule has 2 aliphatic carbocycles. The van der Waals surface area contributed by atoms with Crippen molar-refractivity contribution < 1.29 is 0 Å². The number of hydrogen-bond donors (Lipinski definition) is 0. The van der Waals surface area contributed by atoms with E-state index in [2.05, 4.69) is 20.8 Å². The van der Waals surface area contributed by atoms with E-state index < -0.39 is 0 Å². The van der Waals surface area contributed by atoms with Crippen molar-refractivity contribution >= 4 is 0 Å². The molecule has 0 aromatic heterocycles. The maximum Gasteiger partial charge on any atom is -0.0388 e. The van der Waals surface area contributed by atoms with Crippen molar-refractivity contribution in [3.8, 4) is 0 Å². The van der Waals surface area contributed by atoms with Crippen LogP contribution < -0.4 is 0 Å². The van der Waals surface area contributed by atoms with E-state index in [0.29, 0.717) is 0 Å². The summed E-state index contributed by atoms with van der Waals surface area (Å²) in [6.45, 7) is 7.43. The average molecular weight is 236 g/mol. The van der Waals surface area contributed by atoms with E-state index >= 15 is 0 Å². The largest absolute Gasteiger partial charge is 0.0625 e. The van der Waals surface area contributed by atoms with Crippen molar-refractivity contribution in [2.24, 2.45) is 29.6 Å². The first-order valence-corrected chi connectivity index (χ1v) is 8.15. The van der Waals surface area contributed by atoms with Crippen LogP contribution in [0.15, 0.2) is 0 Å². The molecule has 0 aromatic carbocycles. The molecule has 0 nitrogen and oxygen atoms in total. The van der Waals surface area contributed by atoms with Crippen LogP contribution in [0.1, 0.15) is 78.6 Å². The molecule has 3 unspecified atom stereocenters. The van der Waals surface area contributed by atoms with E-state index in [1.807, 2.05) is 0 Å². The molecule has 0 heteroatoms. The van der Waals surface area contributed by atoms with Crippen LogP contribution in [0, 0.1) is 29.6 Å². The van der Waals surface area contributed by atoms with E-state index in [1.54, 1.807) is 0 Å². The van der Waals surface area contributed by atoms with Gasteiger partial charge in [-0.15, -0.1) is 0 Å². The normalized spacial score (nSPS) is 41.1. The Morgan fingerprint density at radius 3 is 2.24 bits per heavy atom. The van der Waals surface area contributed by atoms with Crippen molar-refractivity contribution in [1.29, 1.82) is 0 Å². The Balaban J connectivity index is 1.74. The predicted octanol–water partition coefficient (Wildman–Crippen LogP) is 5.67. The van der Waals surface area contributed by atoms with Crippen LogP contribution >= 0.6 is 0 Å². The molecule has 0 N–H and O–H groups in total. The third-order valence-electron chi connectivity index (χ3n) is 5.62. The van der Waals surface area contributed by atoms with Crippen molar-refractivity contribution in [2.75, 3.05) is 0 Å². The van der Waals surface area contributed by atoms with Crippen LogP contribution in [0.2, 0.25) is 0 Å². The maximum atomic E-state index is 2.54. The van der Waals surface area contributed by atoms with Gasteiger partial charge in [0.05, 0.1) is 0 Å². The van der Waals surface area contributed by atoms with E-state index in [4.69, 9.17) is 0 Å². The highest BCUT2D eigenvalue weighted by molar-refractivity contribution is 4.78. The fourth-order valence-corrected chi connectivity index (χ4v) is 4.35. The molecule has 2 saturated carbocycles. The maximum absolute atomic E-state index is 2.54. The van der Waals surface area contributed by atoms with Crippen LogP contribution in [0.3, 0.4) is 0 Å². The summed E-state index contributed by atoms with van der Waals surface area (Å²) < 4.78 is 0. The standard InChI is InChI=1S/C17H32/c1-13-7-9-17(10-8-13)15(3)12-16-6-4-5-14(2)11-16/h13-17H,4-12H2,1-3H3. The van der Waals surface area contributed by atoms with Gasteiger partial charge in [0.1, 0.15) is 0 Å². The molecule has 0 spiro atoms. The van der Waals surface area contributed by atoms with E-state index in [1.165, 1.54) is 57.8 Å². The lowest BCUT2D eigenvalue weighted by atomic mass is 9.71. The van der Waals surface area contributed by atoms with Gasteiger partial charge < -0.3 is 0 Å². The molecule has 0 amide bonds. The molecule has 0 aliphatic heterocycles. The SMILES string of the molecule is CC1CCC(C(C)CC2CCCC(C)C2)CC1. The molecule has 0 aromatic rings. The molecule has 3 atom stereocenters. The highest BCUT2D eigenvalue weighted by atomic mass is 14.3. The predicted molar refractivity (Wildman–Crippen MR) is 76.0 cm³/mol. The van der Waals surface area contributed by atoms with Crippen LogP contribution in [0.4, 0.5) is 0 Å². The van der Waals surface area contributed by atoms with Gasteiger partial charge >= 0.3 is 0 Å². The molecular formula is C17H32. The smallest absolute Gasteiger partial charge is 0.0388 e. The summed E-state index contributed by atoms with van der Waals surface area (Å²) in [4.78, 5) is 0. The zero-order valence-electron chi connectivity index (χ0n) is 12.3. The summed E-state index contributed by atoms with van der Waals surface area (Å²) >= 11 is 0. The zero-order valence-corrected chi connectivity index (χ0v) is 12.3. The lowest BCUT2D eigenvalue weighted by Gasteiger charge is -2.35. The molecule has 0 radical (unpaired) electrons. The Hall–Kier alpha value is 0.